The van der Waals surface area contributed by atoms with Crippen LogP contribution in [0.4, 0.5) is 0 Å². The number of hydrogen-bond acceptors (Lipinski definition) is 2. The minimum absolute atomic E-state index is 0.126. The van der Waals surface area contributed by atoms with Gasteiger partial charge in [0.05, 0.1) is 5.60 Å². The third kappa shape index (κ3) is 1.80. The maximum atomic E-state index is 9.97. The average molecular weight is 171 g/mol. The van der Waals surface area contributed by atoms with Gasteiger partial charge in [-0.15, -0.1) is 0 Å². The summed E-state index contributed by atoms with van der Waals surface area (Å²) in [5, 5.41) is 9.97. The van der Waals surface area contributed by atoms with Gasteiger partial charge in [-0.25, -0.2) is 0 Å². The average Bonchev–Trinajstić information content (AvgIpc) is 1.79. The summed E-state index contributed by atoms with van der Waals surface area (Å²) in [5.74, 6) is 0. The van der Waals surface area contributed by atoms with Crippen LogP contribution in [-0.4, -0.2) is 34.2 Å². The van der Waals surface area contributed by atoms with Crippen LogP contribution in [0.3, 0.4) is 0 Å². The molecule has 0 spiro atoms. The van der Waals surface area contributed by atoms with Crippen LogP contribution in [0.2, 0.25) is 0 Å². The van der Waals surface area contributed by atoms with Crippen molar-refractivity contribution < 1.29 is 5.11 Å². The summed E-state index contributed by atoms with van der Waals surface area (Å²) in [5.41, 5.74) is -0.351. The number of likely N-dealkylation sites (tertiary alicyclic amines) is 1. The van der Waals surface area contributed by atoms with Gasteiger partial charge in [0.1, 0.15) is 0 Å². The molecule has 0 saturated carbocycles. The van der Waals surface area contributed by atoms with Crippen molar-refractivity contribution >= 4 is 0 Å². The van der Waals surface area contributed by atoms with Gasteiger partial charge in [0.2, 0.25) is 0 Å². The van der Waals surface area contributed by atoms with Gasteiger partial charge < -0.3 is 5.11 Å². The monoisotopic (exact) mass is 171 g/mol. The lowest BCUT2D eigenvalue weighted by Crippen LogP contribution is -2.57. The molecule has 0 aromatic carbocycles. The molecule has 0 amide bonds. The van der Waals surface area contributed by atoms with Crippen molar-refractivity contribution in [3.05, 3.63) is 0 Å². The summed E-state index contributed by atoms with van der Waals surface area (Å²) in [6.45, 7) is 8.50. The standard InChI is InChI=1S/C10H21NO/c1-8-6-10(4,12)7-9(2,3)11(8)5/h8,12H,6-7H2,1-5H3. The van der Waals surface area contributed by atoms with E-state index in [2.05, 4.69) is 32.7 Å². The van der Waals surface area contributed by atoms with Crippen LogP contribution >= 0.6 is 0 Å². The van der Waals surface area contributed by atoms with Crippen molar-refractivity contribution in [2.45, 2.75) is 57.7 Å². The highest BCUT2D eigenvalue weighted by atomic mass is 16.3. The Morgan fingerprint density at radius 3 is 2.25 bits per heavy atom. The van der Waals surface area contributed by atoms with Crippen molar-refractivity contribution in [3.63, 3.8) is 0 Å². The summed E-state index contributed by atoms with van der Waals surface area (Å²) in [6, 6.07) is 0.476. The van der Waals surface area contributed by atoms with Gasteiger partial charge in [0.25, 0.3) is 0 Å². The number of rotatable bonds is 0. The largest absolute Gasteiger partial charge is 0.390 e. The predicted molar refractivity (Wildman–Crippen MR) is 51.2 cm³/mol. The van der Waals surface area contributed by atoms with Crippen molar-refractivity contribution in [1.29, 1.82) is 0 Å². The fraction of sp³-hybridized carbons (Fsp3) is 1.00. The van der Waals surface area contributed by atoms with Crippen LogP contribution in [0, 0.1) is 0 Å². The van der Waals surface area contributed by atoms with Gasteiger partial charge in [-0.2, -0.15) is 0 Å². The number of nitrogens with zero attached hydrogens (tertiary/aromatic N) is 1. The molecule has 12 heavy (non-hydrogen) atoms. The quantitative estimate of drug-likeness (QED) is 0.599. The Labute approximate surface area is 75.6 Å². The Morgan fingerprint density at radius 1 is 1.33 bits per heavy atom. The van der Waals surface area contributed by atoms with E-state index in [1.54, 1.807) is 0 Å². The van der Waals surface area contributed by atoms with E-state index in [-0.39, 0.29) is 5.54 Å². The molecule has 72 valence electrons. The molecule has 0 bridgehead atoms. The Hall–Kier alpha value is -0.0800. The molecule has 0 aromatic rings. The van der Waals surface area contributed by atoms with E-state index in [4.69, 9.17) is 0 Å². The second-order valence-electron chi connectivity index (χ2n) is 5.15. The highest BCUT2D eigenvalue weighted by molar-refractivity contribution is 4.97. The molecule has 1 N–H and O–H groups in total. The normalized spacial score (nSPS) is 43.0. The second kappa shape index (κ2) is 2.71. The Bertz CT molecular complexity index is 175. The second-order valence-corrected chi connectivity index (χ2v) is 5.15. The zero-order chi connectivity index (χ0) is 9.57. The maximum Gasteiger partial charge on any atom is 0.0652 e. The van der Waals surface area contributed by atoms with E-state index in [1.165, 1.54) is 0 Å². The van der Waals surface area contributed by atoms with E-state index in [0.29, 0.717) is 6.04 Å². The zero-order valence-electron chi connectivity index (χ0n) is 8.89. The molecule has 1 saturated heterocycles. The lowest BCUT2D eigenvalue weighted by molar-refractivity contribution is -0.0793. The molecule has 1 aliphatic heterocycles. The molecule has 1 aliphatic rings. The van der Waals surface area contributed by atoms with Gasteiger partial charge >= 0.3 is 0 Å². The SMILES string of the molecule is CC1CC(C)(O)CC(C)(C)N1C. The summed E-state index contributed by atoms with van der Waals surface area (Å²) < 4.78 is 0. The molecule has 1 fully saturated rings. The fourth-order valence-corrected chi connectivity index (χ4v) is 2.50. The predicted octanol–water partition coefficient (Wildman–Crippen LogP) is 1.63. The number of hydrogen-bond donors (Lipinski definition) is 1. The summed E-state index contributed by atoms with van der Waals surface area (Å²) in [7, 11) is 2.14. The van der Waals surface area contributed by atoms with Gasteiger partial charge in [0.15, 0.2) is 0 Å². The molecule has 0 aromatic heterocycles. The lowest BCUT2D eigenvalue weighted by atomic mass is 9.78. The summed E-state index contributed by atoms with van der Waals surface area (Å²) in [6.07, 6.45) is 1.74. The highest BCUT2D eigenvalue weighted by Gasteiger charge is 2.41. The summed E-state index contributed by atoms with van der Waals surface area (Å²) in [4.78, 5) is 2.35. The molecule has 2 nitrogen and oxygen atoms in total. The van der Waals surface area contributed by atoms with Crippen LogP contribution in [-0.2, 0) is 0 Å². The third-order valence-electron chi connectivity index (χ3n) is 3.16. The van der Waals surface area contributed by atoms with E-state index in [0.717, 1.165) is 12.8 Å². The van der Waals surface area contributed by atoms with Crippen molar-refractivity contribution in [1.82, 2.24) is 4.90 Å². The first kappa shape index (κ1) is 10.0. The molecule has 1 rings (SSSR count). The van der Waals surface area contributed by atoms with E-state index in [9.17, 15) is 5.11 Å². The molecule has 0 aliphatic carbocycles. The first-order chi connectivity index (χ1) is 5.25. The Kier molecular flexibility index (Phi) is 2.26. The van der Waals surface area contributed by atoms with E-state index in [1.807, 2.05) is 6.92 Å². The third-order valence-corrected chi connectivity index (χ3v) is 3.16. The first-order valence-corrected chi connectivity index (χ1v) is 4.70. The lowest BCUT2D eigenvalue weighted by Gasteiger charge is -2.50. The first-order valence-electron chi connectivity index (χ1n) is 4.70. The molecule has 2 unspecified atom stereocenters. The van der Waals surface area contributed by atoms with E-state index >= 15 is 0 Å². The molecular formula is C10H21NO. The molecule has 0 radical (unpaired) electrons. The molecule has 2 heteroatoms. The molecule has 2 atom stereocenters. The minimum atomic E-state index is -0.477. The highest BCUT2D eigenvalue weighted by Crippen LogP contribution is 2.36. The number of piperidine rings is 1. The van der Waals surface area contributed by atoms with Gasteiger partial charge in [-0.05, 0) is 47.6 Å². The van der Waals surface area contributed by atoms with Gasteiger partial charge in [-0.1, -0.05) is 0 Å². The van der Waals surface area contributed by atoms with Crippen LogP contribution in [0.1, 0.15) is 40.5 Å². The summed E-state index contributed by atoms with van der Waals surface area (Å²) >= 11 is 0. The Morgan fingerprint density at radius 2 is 1.83 bits per heavy atom. The van der Waals surface area contributed by atoms with Crippen LogP contribution in [0.5, 0.6) is 0 Å². The van der Waals surface area contributed by atoms with Crippen molar-refractivity contribution in [2.24, 2.45) is 0 Å². The topological polar surface area (TPSA) is 23.5 Å². The minimum Gasteiger partial charge on any atom is -0.390 e. The van der Waals surface area contributed by atoms with Gasteiger partial charge in [-0.3, -0.25) is 4.90 Å². The fourth-order valence-electron chi connectivity index (χ4n) is 2.50. The van der Waals surface area contributed by atoms with Gasteiger partial charge in [0, 0.05) is 11.6 Å². The van der Waals surface area contributed by atoms with Crippen molar-refractivity contribution in [3.8, 4) is 0 Å². The van der Waals surface area contributed by atoms with Crippen molar-refractivity contribution in [2.75, 3.05) is 7.05 Å². The Balaban J connectivity index is 2.80. The van der Waals surface area contributed by atoms with E-state index < -0.39 is 5.60 Å². The molecular weight excluding hydrogens is 150 g/mol. The number of aliphatic hydroxyl groups is 1. The maximum absolute atomic E-state index is 9.97. The smallest absolute Gasteiger partial charge is 0.0652 e. The van der Waals surface area contributed by atoms with Crippen LogP contribution in [0.25, 0.3) is 0 Å². The molecule has 1 heterocycles. The zero-order valence-corrected chi connectivity index (χ0v) is 8.89. The van der Waals surface area contributed by atoms with Crippen LogP contribution in [0.15, 0.2) is 0 Å². The van der Waals surface area contributed by atoms with Crippen LogP contribution < -0.4 is 0 Å².